The molecule has 1 fully saturated rings. The van der Waals surface area contributed by atoms with Gasteiger partial charge in [-0.1, -0.05) is 0 Å². The number of furan rings is 1. The van der Waals surface area contributed by atoms with Gasteiger partial charge in [-0.3, -0.25) is 9.69 Å². The van der Waals surface area contributed by atoms with Crippen LogP contribution in [-0.4, -0.2) is 35.0 Å². The van der Waals surface area contributed by atoms with Crippen molar-refractivity contribution in [2.75, 3.05) is 13.1 Å². The van der Waals surface area contributed by atoms with Crippen molar-refractivity contribution in [1.29, 1.82) is 0 Å². The third-order valence-corrected chi connectivity index (χ3v) is 3.19. The average molecular weight is 252 g/mol. The molecule has 2 heterocycles. The highest BCUT2D eigenvalue weighted by Gasteiger charge is 2.24. The molecule has 6 nitrogen and oxygen atoms in total. The van der Waals surface area contributed by atoms with Gasteiger partial charge in [0.25, 0.3) is 0 Å². The summed E-state index contributed by atoms with van der Waals surface area (Å²) in [6.45, 7) is 1.99. The minimum Gasteiger partial charge on any atom is -0.478 e. The zero-order valence-corrected chi connectivity index (χ0v) is 9.96. The van der Waals surface area contributed by atoms with Crippen molar-refractivity contribution in [1.82, 2.24) is 4.90 Å². The third kappa shape index (κ3) is 2.89. The van der Waals surface area contributed by atoms with E-state index in [2.05, 4.69) is 4.90 Å². The van der Waals surface area contributed by atoms with Gasteiger partial charge in [0.15, 0.2) is 0 Å². The highest BCUT2D eigenvalue weighted by atomic mass is 16.4. The Morgan fingerprint density at radius 1 is 1.56 bits per heavy atom. The topological polar surface area (TPSA) is 96.8 Å². The van der Waals surface area contributed by atoms with E-state index in [0.717, 1.165) is 19.4 Å². The van der Waals surface area contributed by atoms with E-state index in [-0.39, 0.29) is 17.4 Å². The van der Waals surface area contributed by atoms with Crippen molar-refractivity contribution >= 4 is 11.9 Å². The minimum atomic E-state index is -1.00. The van der Waals surface area contributed by atoms with Crippen LogP contribution in [0.3, 0.4) is 0 Å². The van der Waals surface area contributed by atoms with Gasteiger partial charge in [-0.2, -0.15) is 0 Å². The number of carbonyl (C=O) groups is 2. The first kappa shape index (κ1) is 12.6. The molecule has 6 heteroatoms. The van der Waals surface area contributed by atoms with Gasteiger partial charge in [-0.25, -0.2) is 4.79 Å². The van der Waals surface area contributed by atoms with Crippen molar-refractivity contribution in [2.24, 2.45) is 11.7 Å². The number of hydrogen-bond acceptors (Lipinski definition) is 4. The molecular weight excluding hydrogens is 236 g/mol. The summed E-state index contributed by atoms with van der Waals surface area (Å²) in [5.41, 5.74) is 5.45. The van der Waals surface area contributed by atoms with Gasteiger partial charge >= 0.3 is 5.97 Å². The predicted octanol–water partition coefficient (Wildman–Crippen LogP) is 0.675. The van der Waals surface area contributed by atoms with Gasteiger partial charge in [0, 0.05) is 6.54 Å². The molecule has 1 aliphatic heterocycles. The monoisotopic (exact) mass is 252 g/mol. The van der Waals surface area contributed by atoms with Crippen molar-refractivity contribution in [3.05, 3.63) is 23.7 Å². The first-order chi connectivity index (χ1) is 8.56. The minimum absolute atomic E-state index is 0.118. The quantitative estimate of drug-likeness (QED) is 0.821. The van der Waals surface area contributed by atoms with E-state index in [0.29, 0.717) is 18.8 Å². The van der Waals surface area contributed by atoms with Crippen LogP contribution in [0.15, 0.2) is 16.7 Å². The fourth-order valence-corrected chi connectivity index (χ4v) is 2.23. The molecule has 0 aromatic carbocycles. The first-order valence-corrected chi connectivity index (χ1v) is 5.88. The first-order valence-electron chi connectivity index (χ1n) is 5.88. The second-order valence-corrected chi connectivity index (χ2v) is 4.58. The lowest BCUT2D eigenvalue weighted by Crippen LogP contribution is -2.40. The van der Waals surface area contributed by atoms with Crippen LogP contribution in [0.1, 0.15) is 29.0 Å². The predicted molar refractivity (Wildman–Crippen MR) is 62.9 cm³/mol. The molecule has 1 amide bonds. The summed E-state index contributed by atoms with van der Waals surface area (Å²) in [5.74, 6) is -0.797. The summed E-state index contributed by atoms with van der Waals surface area (Å²) in [7, 11) is 0. The molecule has 0 radical (unpaired) electrons. The number of carbonyl (C=O) groups excluding carboxylic acids is 1. The molecule has 0 aliphatic carbocycles. The number of carboxylic acids is 1. The van der Waals surface area contributed by atoms with Gasteiger partial charge in [0.05, 0.1) is 18.0 Å². The molecule has 1 atom stereocenters. The van der Waals surface area contributed by atoms with Crippen LogP contribution in [0.4, 0.5) is 0 Å². The summed E-state index contributed by atoms with van der Waals surface area (Å²) in [5, 5.41) is 8.78. The number of rotatable bonds is 4. The molecule has 0 spiro atoms. The van der Waals surface area contributed by atoms with E-state index in [1.54, 1.807) is 0 Å². The highest BCUT2D eigenvalue weighted by molar-refractivity contribution is 5.87. The Morgan fingerprint density at radius 2 is 2.33 bits per heavy atom. The van der Waals surface area contributed by atoms with E-state index < -0.39 is 5.97 Å². The van der Waals surface area contributed by atoms with Crippen molar-refractivity contribution in [3.63, 3.8) is 0 Å². The maximum absolute atomic E-state index is 11.1. The maximum atomic E-state index is 11.1. The second kappa shape index (κ2) is 5.22. The second-order valence-electron chi connectivity index (χ2n) is 4.58. The average Bonchev–Trinajstić information content (AvgIpc) is 2.78. The summed E-state index contributed by atoms with van der Waals surface area (Å²) >= 11 is 0. The number of hydrogen-bond donors (Lipinski definition) is 2. The van der Waals surface area contributed by atoms with Gasteiger partial charge in [0.1, 0.15) is 12.0 Å². The Balaban J connectivity index is 1.96. The Kier molecular flexibility index (Phi) is 3.66. The number of nitrogens with two attached hydrogens (primary N) is 1. The van der Waals surface area contributed by atoms with Crippen molar-refractivity contribution in [2.45, 2.75) is 19.4 Å². The number of likely N-dealkylation sites (tertiary alicyclic amines) is 1. The Morgan fingerprint density at radius 3 is 2.94 bits per heavy atom. The Hall–Kier alpha value is -1.82. The number of piperidine rings is 1. The Labute approximate surface area is 104 Å². The van der Waals surface area contributed by atoms with Crippen LogP contribution in [0.25, 0.3) is 0 Å². The molecule has 1 unspecified atom stereocenters. The van der Waals surface area contributed by atoms with E-state index in [1.165, 1.54) is 12.3 Å². The molecule has 18 heavy (non-hydrogen) atoms. The lowest BCUT2D eigenvalue weighted by Gasteiger charge is -2.30. The number of primary amides is 1. The molecule has 1 aromatic rings. The molecule has 98 valence electrons. The molecule has 0 bridgehead atoms. The molecular formula is C12H16N2O4. The standard InChI is InChI=1S/C12H16N2O4/c13-11(15)8-2-1-3-14(5-8)6-10-4-9(7-18-10)12(16)17/h4,7-8H,1-3,5-6H2,(H2,13,15)(H,16,17). The summed E-state index contributed by atoms with van der Waals surface area (Å²) in [6, 6.07) is 1.51. The van der Waals surface area contributed by atoms with Gasteiger partial charge in [-0.05, 0) is 25.5 Å². The van der Waals surface area contributed by atoms with E-state index >= 15 is 0 Å². The fraction of sp³-hybridized carbons (Fsp3) is 0.500. The fourth-order valence-electron chi connectivity index (χ4n) is 2.23. The van der Waals surface area contributed by atoms with Crippen LogP contribution in [-0.2, 0) is 11.3 Å². The van der Waals surface area contributed by atoms with E-state index in [9.17, 15) is 9.59 Å². The molecule has 1 saturated heterocycles. The SMILES string of the molecule is NC(=O)C1CCCN(Cc2cc(C(=O)O)co2)C1. The zero-order chi connectivity index (χ0) is 13.1. The normalized spacial score (nSPS) is 20.8. The van der Waals surface area contributed by atoms with Crippen molar-refractivity contribution < 1.29 is 19.1 Å². The smallest absolute Gasteiger partial charge is 0.338 e. The molecule has 1 aliphatic rings. The van der Waals surface area contributed by atoms with Crippen LogP contribution < -0.4 is 5.73 Å². The summed E-state index contributed by atoms with van der Waals surface area (Å²) in [6.07, 6.45) is 2.97. The number of amides is 1. The molecule has 2 rings (SSSR count). The van der Waals surface area contributed by atoms with Crippen LogP contribution in [0, 0.1) is 5.92 Å². The van der Waals surface area contributed by atoms with E-state index in [1.807, 2.05) is 0 Å². The maximum Gasteiger partial charge on any atom is 0.338 e. The van der Waals surface area contributed by atoms with Gasteiger partial charge < -0.3 is 15.3 Å². The third-order valence-electron chi connectivity index (χ3n) is 3.19. The number of nitrogens with zero attached hydrogens (tertiary/aromatic N) is 1. The van der Waals surface area contributed by atoms with Crippen LogP contribution in [0.2, 0.25) is 0 Å². The molecule has 0 saturated carbocycles. The number of aromatic carboxylic acids is 1. The number of carboxylic acid groups (broad SMARTS) is 1. The summed E-state index contributed by atoms with van der Waals surface area (Å²) < 4.78 is 5.19. The largest absolute Gasteiger partial charge is 0.478 e. The van der Waals surface area contributed by atoms with E-state index in [4.69, 9.17) is 15.3 Å². The van der Waals surface area contributed by atoms with Gasteiger partial charge in [0.2, 0.25) is 5.91 Å². The van der Waals surface area contributed by atoms with Crippen LogP contribution in [0.5, 0.6) is 0 Å². The lowest BCUT2D eigenvalue weighted by atomic mass is 9.97. The molecule has 1 aromatic heterocycles. The van der Waals surface area contributed by atoms with Gasteiger partial charge in [-0.15, -0.1) is 0 Å². The Bertz CT molecular complexity index is 455. The van der Waals surface area contributed by atoms with Crippen LogP contribution >= 0.6 is 0 Å². The lowest BCUT2D eigenvalue weighted by molar-refractivity contribution is -0.123. The van der Waals surface area contributed by atoms with Crippen molar-refractivity contribution in [3.8, 4) is 0 Å². The zero-order valence-electron chi connectivity index (χ0n) is 9.96. The highest BCUT2D eigenvalue weighted by Crippen LogP contribution is 2.19. The summed E-state index contributed by atoms with van der Waals surface area (Å²) in [4.78, 5) is 23.9. The molecule has 3 N–H and O–H groups in total.